The minimum atomic E-state index is -0.146. The molecule has 1 aromatic rings. The first-order valence-electron chi connectivity index (χ1n) is 3.57. The van der Waals surface area contributed by atoms with Crippen molar-refractivity contribution in [3.63, 3.8) is 0 Å². The Labute approximate surface area is 85.1 Å². The van der Waals surface area contributed by atoms with Gasteiger partial charge in [-0.25, -0.2) is 0 Å². The normalized spacial score (nSPS) is 14.3. The lowest BCUT2D eigenvalue weighted by atomic mass is 10.4. The van der Waals surface area contributed by atoms with Gasteiger partial charge >= 0.3 is 0 Å². The third-order valence-electron chi connectivity index (χ3n) is 0.730. The highest BCUT2D eigenvalue weighted by Crippen LogP contribution is 2.25. The van der Waals surface area contributed by atoms with Gasteiger partial charge < -0.3 is 0 Å². The molecule has 0 nitrogen and oxygen atoms in total. The molecular weight excluding hydrogens is 314 g/mol. The van der Waals surface area contributed by atoms with E-state index in [9.17, 15) is 0 Å². The van der Waals surface area contributed by atoms with Crippen molar-refractivity contribution in [1.29, 1.82) is 0 Å². The summed E-state index contributed by atoms with van der Waals surface area (Å²) in [5, 5.41) is 0.225. The van der Waals surface area contributed by atoms with Crippen LogP contribution in [-0.4, -0.2) is 0 Å². The third kappa shape index (κ3) is 1.82. The molecule has 0 aliphatic heterocycles. The average molecular weight is 320 g/mol. The van der Waals surface area contributed by atoms with Crippen molar-refractivity contribution in [2.24, 2.45) is 0 Å². The van der Waals surface area contributed by atoms with Crippen molar-refractivity contribution >= 4 is 50.1 Å². The summed E-state index contributed by atoms with van der Waals surface area (Å²) in [5.74, 6) is 0. The van der Waals surface area contributed by atoms with Gasteiger partial charge in [0.05, 0.1) is 9.13 Å². The smallest absolute Gasteiger partial charge is 0.0639 e. The number of benzene rings is 1. The quantitative estimate of drug-likeness (QED) is 0.505. The topological polar surface area (TPSA) is 0 Å². The Morgan fingerprint density at radius 3 is 3.00 bits per heavy atom. The van der Waals surface area contributed by atoms with Gasteiger partial charge in [-0.1, -0.05) is 17.6 Å². The lowest BCUT2D eigenvalue weighted by Crippen LogP contribution is -1.73. The molecule has 0 fully saturated rings. The molecule has 48 valence electrons. The zero-order valence-electron chi connectivity index (χ0n) is 7.13. The Morgan fingerprint density at radius 2 is 2.33 bits per heavy atom. The second-order valence-electron chi connectivity index (χ2n) is 1.32. The summed E-state index contributed by atoms with van der Waals surface area (Å²) in [7, 11) is 0. The number of hydrogen-bond donors (Lipinski definition) is 0. The summed E-state index contributed by atoms with van der Waals surface area (Å²) >= 11 is 10.8. The number of halogens is 3. The first kappa shape index (κ1) is 4.57. The van der Waals surface area contributed by atoms with E-state index in [1.807, 2.05) is 22.6 Å². The summed E-state index contributed by atoms with van der Waals surface area (Å²) in [6.45, 7) is 0. The van der Waals surface area contributed by atoms with Gasteiger partial charge in [0.1, 0.15) is 0 Å². The molecule has 3 heteroatoms. The Morgan fingerprint density at radius 1 is 1.67 bits per heavy atom. The van der Waals surface area contributed by atoms with Crippen LogP contribution in [0.3, 0.4) is 0 Å². The maximum Gasteiger partial charge on any atom is 0.0639 e. The van der Waals surface area contributed by atoms with Crippen molar-refractivity contribution < 1.29 is 4.11 Å². The first-order chi connectivity index (χ1) is 5.46. The second kappa shape index (κ2) is 3.21. The van der Waals surface area contributed by atoms with Crippen LogP contribution in [0.2, 0.25) is 5.02 Å². The molecule has 0 saturated heterocycles. The van der Waals surface area contributed by atoms with Gasteiger partial charge in [0.2, 0.25) is 0 Å². The van der Waals surface area contributed by atoms with Crippen molar-refractivity contribution in [1.82, 2.24) is 0 Å². The summed E-state index contributed by atoms with van der Waals surface area (Å²) < 4.78 is 23.2. The molecule has 0 unspecified atom stereocenters. The Hall–Kier alpha value is 0.720. The van der Waals surface area contributed by atoms with E-state index < -0.39 is 0 Å². The van der Waals surface area contributed by atoms with Crippen molar-refractivity contribution in [3.05, 3.63) is 31.2 Å². The highest BCUT2D eigenvalue weighted by Gasteiger charge is 1.97. The van der Waals surface area contributed by atoms with Crippen molar-refractivity contribution in [2.45, 2.75) is 0 Å². The molecule has 1 rings (SSSR count). The van der Waals surface area contributed by atoms with E-state index in [0.717, 1.165) is 0 Å². The van der Waals surface area contributed by atoms with E-state index in [2.05, 4.69) is 15.9 Å². The Balaban J connectivity index is 3.60. The number of rotatable bonds is 0. The predicted molar refractivity (Wildman–Crippen MR) is 51.9 cm³/mol. The van der Waals surface area contributed by atoms with Crippen LogP contribution in [0.4, 0.5) is 0 Å². The fourth-order valence-corrected chi connectivity index (χ4v) is 1.17. The molecule has 0 aliphatic carbocycles. The van der Waals surface area contributed by atoms with Crippen molar-refractivity contribution in [3.8, 4) is 0 Å². The van der Waals surface area contributed by atoms with Gasteiger partial charge in [0.15, 0.2) is 0 Å². The lowest BCUT2D eigenvalue weighted by molar-refractivity contribution is 1.59. The molecule has 1 aromatic carbocycles. The standard InChI is InChI=1S/C6H3BrClI/c7-4-2-1-3-5(8)6(4)9/h1-3H/i1D,2D,3D. The minimum absolute atomic E-state index is 0.00815. The maximum absolute atomic E-state index is 7.40. The summed E-state index contributed by atoms with van der Waals surface area (Å²) in [5.41, 5.74) is 0. The summed E-state index contributed by atoms with van der Waals surface area (Å²) in [4.78, 5) is 0. The van der Waals surface area contributed by atoms with E-state index in [-0.39, 0.29) is 23.1 Å². The Bertz CT molecular complexity index is 237. The van der Waals surface area contributed by atoms with Crippen LogP contribution in [0.25, 0.3) is 0 Å². The largest absolute Gasteiger partial charge is 0.0831 e. The summed E-state index contributed by atoms with van der Waals surface area (Å²) in [6.07, 6.45) is 0. The van der Waals surface area contributed by atoms with Gasteiger partial charge in [-0.05, 0) is 50.6 Å². The maximum atomic E-state index is 7.40. The van der Waals surface area contributed by atoms with Crippen LogP contribution in [0.15, 0.2) is 22.6 Å². The fourth-order valence-electron chi connectivity index (χ4n) is 0.347. The van der Waals surface area contributed by atoms with Crippen LogP contribution >= 0.6 is 50.1 Å². The molecule has 0 aromatic heterocycles. The molecule has 0 amide bonds. The van der Waals surface area contributed by atoms with E-state index in [0.29, 0.717) is 8.04 Å². The first-order valence-corrected chi connectivity index (χ1v) is 4.32. The van der Waals surface area contributed by atoms with Crippen LogP contribution < -0.4 is 0 Å². The second-order valence-corrected chi connectivity index (χ2v) is 3.57. The van der Waals surface area contributed by atoms with Crippen LogP contribution in [0, 0.1) is 3.57 Å². The molecule has 0 saturated carbocycles. The van der Waals surface area contributed by atoms with E-state index in [1.165, 1.54) is 0 Å². The molecule has 0 bridgehead atoms. The zero-order valence-corrected chi connectivity index (χ0v) is 8.63. The number of hydrogen-bond acceptors (Lipinski definition) is 0. The van der Waals surface area contributed by atoms with Gasteiger partial charge in [-0.2, -0.15) is 0 Å². The SMILES string of the molecule is [2H]c1c([2H])c(Cl)c(I)c(Br)c1[2H]. The third-order valence-corrected chi connectivity index (χ3v) is 3.75. The molecule has 9 heavy (non-hydrogen) atoms. The molecular formula is C6H3BrClI. The van der Waals surface area contributed by atoms with Gasteiger partial charge in [-0.3, -0.25) is 0 Å². The summed E-state index contributed by atoms with van der Waals surface area (Å²) in [6, 6.07) is -0.227. The molecule has 0 N–H and O–H groups in total. The van der Waals surface area contributed by atoms with Crippen molar-refractivity contribution in [2.75, 3.05) is 0 Å². The molecule has 0 aliphatic rings. The van der Waals surface area contributed by atoms with Gasteiger partial charge in [-0.15, -0.1) is 0 Å². The van der Waals surface area contributed by atoms with Gasteiger partial charge in [0.25, 0.3) is 0 Å². The van der Waals surface area contributed by atoms with Crippen LogP contribution in [0.1, 0.15) is 4.11 Å². The average Bonchev–Trinajstić information content (AvgIpc) is 2.08. The minimum Gasteiger partial charge on any atom is -0.0831 e. The molecule has 0 atom stereocenters. The molecule has 0 heterocycles. The molecule has 0 radical (unpaired) electrons. The van der Waals surface area contributed by atoms with Crippen LogP contribution in [0.5, 0.6) is 0 Å². The van der Waals surface area contributed by atoms with Gasteiger partial charge in [0, 0.05) is 8.04 Å². The van der Waals surface area contributed by atoms with E-state index >= 15 is 0 Å². The van der Waals surface area contributed by atoms with E-state index in [1.54, 1.807) is 0 Å². The van der Waals surface area contributed by atoms with E-state index in [4.69, 9.17) is 15.7 Å². The monoisotopic (exact) mass is 319 g/mol. The van der Waals surface area contributed by atoms with Crippen LogP contribution in [-0.2, 0) is 0 Å². The molecule has 0 spiro atoms. The predicted octanol–water partition coefficient (Wildman–Crippen LogP) is 3.71. The highest BCUT2D eigenvalue weighted by atomic mass is 127. The zero-order chi connectivity index (χ0) is 9.46. The lowest BCUT2D eigenvalue weighted by Gasteiger charge is -1.95. The fraction of sp³-hybridized carbons (Fsp3) is 0. The Kier molecular flexibility index (Phi) is 1.63. The highest BCUT2D eigenvalue weighted by molar-refractivity contribution is 14.1.